The van der Waals surface area contributed by atoms with Crippen molar-refractivity contribution in [1.82, 2.24) is 0 Å². The van der Waals surface area contributed by atoms with Crippen molar-refractivity contribution in [1.29, 1.82) is 0 Å². The van der Waals surface area contributed by atoms with Crippen molar-refractivity contribution in [2.75, 3.05) is 5.73 Å². The summed E-state index contributed by atoms with van der Waals surface area (Å²) in [6, 6.07) is 11.1. The molecular formula is C16H14FNO2. The summed E-state index contributed by atoms with van der Waals surface area (Å²) < 4.78 is 19.1. The lowest BCUT2D eigenvalue weighted by Crippen LogP contribution is -2.07. The maximum Gasteiger partial charge on any atom is 0.195 e. The molecule has 102 valence electrons. The molecule has 0 radical (unpaired) electrons. The molecule has 1 aliphatic rings. The standard InChI is InChI=1S/C16H14FNO2/c17-14-6-2-5-13(15(14)18)16(19)10-3-1-4-12(9-10)20-11-7-8-11/h1-6,9,11H,7-8,18H2. The van der Waals surface area contributed by atoms with Crippen LogP contribution in [0.1, 0.15) is 28.8 Å². The predicted octanol–water partition coefficient (Wildman–Crippen LogP) is 3.18. The van der Waals surface area contributed by atoms with Gasteiger partial charge in [-0.3, -0.25) is 4.79 Å². The molecule has 20 heavy (non-hydrogen) atoms. The molecule has 1 aliphatic carbocycles. The van der Waals surface area contributed by atoms with Gasteiger partial charge in [0.2, 0.25) is 0 Å². The van der Waals surface area contributed by atoms with Crippen LogP contribution in [0.4, 0.5) is 10.1 Å². The Bertz CT molecular complexity index is 665. The highest BCUT2D eigenvalue weighted by molar-refractivity contribution is 6.12. The Balaban J connectivity index is 1.91. The van der Waals surface area contributed by atoms with Crippen LogP contribution in [0.15, 0.2) is 42.5 Å². The number of hydrogen-bond acceptors (Lipinski definition) is 3. The molecule has 2 aromatic rings. The van der Waals surface area contributed by atoms with E-state index in [1.807, 2.05) is 6.07 Å². The van der Waals surface area contributed by atoms with Gasteiger partial charge in [-0.05, 0) is 37.1 Å². The second-order valence-electron chi connectivity index (χ2n) is 4.88. The first-order valence-corrected chi connectivity index (χ1v) is 6.50. The Morgan fingerprint density at radius 1 is 1.20 bits per heavy atom. The Labute approximate surface area is 116 Å². The van der Waals surface area contributed by atoms with Crippen LogP contribution in [0.3, 0.4) is 0 Å². The van der Waals surface area contributed by atoms with Crippen LogP contribution < -0.4 is 10.5 Å². The molecule has 1 fully saturated rings. The van der Waals surface area contributed by atoms with Crippen LogP contribution in [-0.2, 0) is 0 Å². The molecule has 3 nitrogen and oxygen atoms in total. The zero-order valence-corrected chi connectivity index (χ0v) is 10.8. The Kier molecular flexibility index (Phi) is 3.14. The number of ketones is 1. The maximum atomic E-state index is 13.4. The third kappa shape index (κ3) is 2.50. The van der Waals surface area contributed by atoms with Gasteiger partial charge in [0.25, 0.3) is 0 Å². The molecule has 4 heteroatoms. The van der Waals surface area contributed by atoms with E-state index in [9.17, 15) is 9.18 Å². The zero-order valence-electron chi connectivity index (χ0n) is 10.8. The summed E-state index contributed by atoms with van der Waals surface area (Å²) in [5.74, 6) is -0.224. The summed E-state index contributed by atoms with van der Waals surface area (Å²) in [6.07, 6.45) is 2.36. The molecule has 2 N–H and O–H groups in total. The van der Waals surface area contributed by atoms with Crippen molar-refractivity contribution in [3.05, 3.63) is 59.4 Å². The number of carbonyl (C=O) groups excluding carboxylic acids is 1. The molecule has 2 aromatic carbocycles. The summed E-state index contributed by atoms with van der Waals surface area (Å²) in [6.45, 7) is 0. The van der Waals surface area contributed by atoms with E-state index in [0.717, 1.165) is 12.8 Å². The monoisotopic (exact) mass is 271 g/mol. The lowest BCUT2D eigenvalue weighted by molar-refractivity contribution is 0.103. The molecule has 0 heterocycles. The van der Waals surface area contributed by atoms with E-state index in [2.05, 4.69) is 0 Å². The van der Waals surface area contributed by atoms with Gasteiger partial charge in [0.1, 0.15) is 11.6 Å². The van der Waals surface area contributed by atoms with Crippen molar-refractivity contribution < 1.29 is 13.9 Å². The number of nitrogens with two attached hydrogens (primary N) is 1. The average molecular weight is 271 g/mol. The van der Waals surface area contributed by atoms with Crippen molar-refractivity contribution in [2.24, 2.45) is 0 Å². The molecule has 0 aromatic heterocycles. The van der Waals surface area contributed by atoms with Crippen molar-refractivity contribution in [3.63, 3.8) is 0 Å². The van der Waals surface area contributed by atoms with E-state index in [0.29, 0.717) is 11.3 Å². The smallest absolute Gasteiger partial charge is 0.195 e. The summed E-state index contributed by atoms with van der Waals surface area (Å²) in [4.78, 5) is 12.4. The third-order valence-corrected chi connectivity index (χ3v) is 3.22. The van der Waals surface area contributed by atoms with Crippen LogP contribution in [0.25, 0.3) is 0 Å². The van der Waals surface area contributed by atoms with Crippen molar-refractivity contribution in [3.8, 4) is 5.75 Å². The summed E-state index contributed by atoms with van der Waals surface area (Å²) >= 11 is 0. The summed E-state index contributed by atoms with van der Waals surface area (Å²) in [5, 5.41) is 0. The van der Waals surface area contributed by atoms with Gasteiger partial charge < -0.3 is 10.5 Å². The van der Waals surface area contributed by atoms with Gasteiger partial charge >= 0.3 is 0 Å². The number of anilines is 1. The second kappa shape index (κ2) is 4.96. The minimum atomic E-state index is -0.582. The van der Waals surface area contributed by atoms with E-state index in [1.54, 1.807) is 18.2 Å². The first-order valence-electron chi connectivity index (χ1n) is 6.50. The molecule has 0 aliphatic heterocycles. The molecule has 3 rings (SSSR count). The van der Waals surface area contributed by atoms with E-state index < -0.39 is 5.82 Å². The highest BCUT2D eigenvalue weighted by atomic mass is 19.1. The lowest BCUT2D eigenvalue weighted by Gasteiger charge is -2.08. The minimum Gasteiger partial charge on any atom is -0.490 e. The van der Waals surface area contributed by atoms with Gasteiger partial charge in [-0.25, -0.2) is 4.39 Å². The van der Waals surface area contributed by atoms with Gasteiger partial charge in [0, 0.05) is 11.1 Å². The Morgan fingerprint density at radius 3 is 2.70 bits per heavy atom. The van der Waals surface area contributed by atoms with E-state index in [4.69, 9.17) is 10.5 Å². The van der Waals surface area contributed by atoms with Gasteiger partial charge in [0.05, 0.1) is 11.8 Å². The molecule has 0 atom stereocenters. The average Bonchev–Trinajstić information content (AvgIpc) is 3.25. The molecule has 0 bridgehead atoms. The number of carbonyl (C=O) groups is 1. The quantitative estimate of drug-likeness (QED) is 0.686. The number of nitrogen functional groups attached to an aromatic ring is 1. The second-order valence-corrected chi connectivity index (χ2v) is 4.88. The number of para-hydroxylation sites is 1. The van der Waals surface area contributed by atoms with Gasteiger partial charge in [-0.1, -0.05) is 18.2 Å². The lowest BCUT2D eigenvalue weighted by atomic mass is 10.0. The van der Waals surface area contributed by atoms with Crippen LogP contribution in [-0.4, -0.2) is 11.9 Å². The summed E-state index contributed by atoms with van der Waals surface area (Å²) in [7, 11) is 0. The van der Waals surface area contributed by atoms with Crippen LogP contribution in [0.5, 0.6) is 5.75 Å². The minimum absolute atomic E-state index is 0.119. The number of ether oxygens (including phenoxy) is 1. The molecular weight excluding hydrogens is 257 g/mol. The van der Waals surface area contributed by atoms with Crippen LogP contribution in [0, 0.1) is 5.82 Å². The highest BCUT2D eigenvalue weighted by Crippen LogP contribution is 2.28. The van der Waals surface area contributed by atoms with Crippen molar-refractivity contribution in [2.45, 2.75) is 18.9 Å². The molecule has 1 saturated carbocycles. The van der Waals surface area contributed by atoms with E-state index in [-0.39, 0.29) is 23.1 Å². The Morgan fingerprint density at radius 2 is 1.95 bits per heavy atom. The maximum absolute atomic E-state index is 13.4. The predicted molar refractivity (Wildman–Crippen MR) is 74.3 cm³/mol. The molecule has 0 amide bonds. The van der Waals surface area contributed by atoms with Crippen LogP contribution in [0.2, 0.25) is 0 Å². The fraction of sp³-hybridized carbons (Fsp3) is 0.188. The first kappa shape index (κ1) is 12.7. The molecule has 0 unspecified atom stereocenters. The topological polar surface area (TPSA) is 52.3 Å². The summed E-state index contributed by atoms with van der Waals surface area (Å²) in [5.41, 5.74) is 6.12. The number of rotatable bonds is 4. The normalized spacial score (nSPS) is 14.1. The fourth-order valence-corrected chi connectivity index (χ4v) is 1.98. The molecule has 0 saturated heterocycles. The number of benzene rings is 2. The zero-order chi connectivity index (χ0) is 14.1. The number of hydrogen-bond donors (Lipinski definition) is 1. The van der Waals surface area contributed by atoms with E-state index in [1.165, 1.54) is 18.2 Å². The van der Waals surface area contributed by atoms with Gasteiger partial charge in [-0.2, -0.15) is 0 Å². The third-order valence-electron chi connectivity index (χ3n) is 3.22. The fourth-order valence-electron chi connectivity index (χ4n) is 1.98. The largest absolute Gasteiger partial charge is 0.490 e. The SMILES string of the molecule is Nc1c(F)cccc1C(=O)c1cccc(OC2CC2)c1. The highest BCUT2D eigenvalue weighted by Gasteiger charge is 2.24. The van der Waals surface area contributed by atoms with E-state index >= 15 is 0 Å². The van der Waals surface area contributed by atoms with Gasteiger partial charge in [-0.15, -0.1) is 0 Å². The Hall–Kier alpha value is -2.36. The number of halogens is 1. The first-order chi connectivity index (χ1) is 9.65. The van der Waals surface area contributed by atoms with Gasteiger partial charge in [0.15, 0.2) is 5.78 Å². The molecule has 0 spiro atoms. The van der Waals surface area contributed by atoms with Crippen LogP contribution >= 0.6 is 0 Å². The van der Waals surface area contributed by atoms with Crippen molar-refractivity contribution >= 4 is 11.5 Å².